The van der Waals surface area contributed by atoms with Crippen LogP contribution in [0.5, 0.6) is 0 Å². The number of sulfone groups is 1. The van der Waals surface area contributed by atoms with Gasteiger partial charge in [0.2, 0.25) is 10.0 Å². The third-order valence-corrected chi connectivity index (χ3v) is 9.50. The highest BCUT2D eigenvalue weighted by atomic mass is 32.2. The highest BCUT2D eigenvalue weighted by Crippen LogP contribution is 2.36. The SMILES string of the molecule is CCOCCn1cc(C2CCN(S(=O)(=O)c3ccccc3S(C)(=O)=O)CC2)c2ccccc21. The standard InChI is InChI=1S/C24H30N2O5S2/c1-3-31-17-16-25-18-21(20-8-4-5-9-22(20)25)19-12-14-26(15-13-19)33(29,30)24-11-7-6-10-23(24)32(2,27)28/h4-11,18-19H,3,12-17H2,1-2H3. The maximum Gasteiger partial charge on any atom is 0.244 e. The topological polar surface area (TPSA) is 85.7 Å². The Morgan fingerprint density at radius 2 is 1.58 bits per heavy atom. The second kappa shape index (κ2) is 9.58. The molecule has 1 saturated heterocycles. The number of piperidine rings is 1. The van der Waals surface area contributed by atoms with Crippen molar-refractivity contribution in [1.29, 1.82) is 0 Å². The van der Waals surface area contributed by atoms with Gasteiger partial charge in [0.1, 0.15) is 4.90 Å². The third kappa shape index (κ3) is 4.87. The van der Waals surface area contributed by atoms with E-state index >= 15 is 0 Å². The van der Waals surface area contributed by atoms with Gasteiger partial charge in [-0.25, -0.2) is 16.8 Å². The highest BCUT2D eigenvalue weighted by molar-refractivity contribution is 7.93. The van der Waals surface area contributed by atoms with Crippen LogP contribution in [0.4, 0.5) is 0 Å². The lowest BCUT2D eigenvalue weighted by Gasteiger charge is -2.31. The number of aromatic nitrogens is 1. The van der Waals surface area contributed by atoms with Crippen molar-refractivity contribution in [3.63, 3.8) is 0 Å². The van der Waals surface area contributed by atoms with Gasteiger partial charge in [-0.1, -0.05) is 30.3 Å². The number of fused-ring (bicyclic) bond motifs is 1. The van der Waals surface area contributed by atoms with Crippen molar-refractivity contribution < 1.29 is 21.6 Å². The molecule has 0 radical (unpaired) electrons. The lowest BCUT2D eigenvalue weighted by atomic mass is 9.90. The van der Waals surface area contributed by atoms with E-state index in [1.54, 1.807) is 12.1 Å². The molecule has 0 aliphatic carbocycles. The van der Waals surface area contributed by atoms with Crippen LogP contribution in [0.2, 0.25) is 0 Å². The quantitative estimate of drug-likeness (QED) is 0.450. The Bertz CT molecular complexity index is 1340. The summed E-state index contributed by atoms with van der Waals surface area (Å²) in [6.07, 6.45) is 4.58. The molecule has 0 atom stereocenters. The van der Waals surface area contributed by atoms with Gasteiger partial charge in [0.25, 0.3) is 0 Å². The smallest absolute Gasteiger partial charge is 0.244 e. The van der Waals surface area contributed by atoms with E-state index in [4.69, 9.17) is 4.74 Å². The number of rotatable bonds is 8. The van der Waals surface area contributed by atoms with Gasteiger partial charge in [0, 0.05) is 49.6 Å². The minimum Gasteiger partial charge on any atom is -0.380 e. The minimum atomic E-state index is -3.90. The van der Waals surface area contributed by atoms with Crippen molar-refractivity contribution >= 4 is 30.8 Å². The van der Waals surface area contributed by atoms with Crippen molar-refractivity contribution in [1.82, 2.24) is 8.87 Å². The second-order valence-electron chi connectivity index (χ2n) is 8.39. The van der Waals surface area contributed by atoms with Gasteiger partial charge in [0.05, 0.1) is 11.5 Å². The predicted molar refractivity (Wildman–Crippen MR) is 129 cm³/mol. The van der Waals surface area contributed by atoms with Crippen LogP contribution in [0.1, 0.15) is 31.2 Å². The van der Waals surface area contributed by atoms with Gasteiger partial charge < -0.3 is 9.30 Å². The Morgan fingerprint density at radius 1 is 0.939 bits per heavy atom. The fourth-order valence-corrected chi connectivity index (χ4v) is 7.68. The van der Waals surface area contributed by atoms with Gasteiger partial charge >= 0.3 is 0 Å². The van der Waals surface area contributed by atoms with Gasteiger partial charge in [-0.2, -0.15) is 4.31 Å². The van der Waals surface area contributed by atoms with Crippen LogP contribution >= 0.6 is 0 Å². The first-order chi connectivity index (χ1) is 15.7. The van der Waals surface area contributed by atoms with Crippen molar-refractivity contribution in [3.8, 4) is 0 Å². The van der Waals surface area contributed by atoms with Gasteiger partial charge in [-0.05, 0) is 49.4 Å². The van der Waals surface area contributed by atoms with Crippen LogP contribution < -0.4 is 0 Å². The number of para-hydroxylation sites is 1. The largest absolute Gasteiger partial charge is 0.380 e. The average molecular weight is 491 g/mol. The fraction of sp³-hybridized carbons (Fsp3) is 0.417. The van der Waals surface area contributed by atoms with E-state index in [0.717, 1.165) is 18.3 Å². The van der Waals surface area contributed by atoms with Crippen molar-refractivity contribution in [2.45, 2.75) is 42.0 Å². The Labute approximate surface area is 195 Å². The molecule has 0 spiro atoms. The predicted octanol–water partition coefficient (Wildman–Crippen LogP) is 3.65. The molecule has 9 heteroatoms. The van der Waals surface area contributed by atoms with Crippen LogP contribution in [-0.4, -0.2) is 58.3 Å². The van der Waals surface area contributed by atoms with Crippen molar-refractivity contribution in [3.05, 3.63) is 60.3 Å². The molecule has 7 nitrogen and oxygen atoms in total. The fourth-order valence-electron chi connectivity index (χ4n) is 4.61. The molecule has 4 rings (SSSR count). The Morgan fingerprint density at radius 3 is 2.24 bits per heavy atom. The van der Waals surface area contributed by atoms with Crippen LogP contribution in [-0.2, 0) is 31.1 Å². The molecule has 0 N–H and O–H groups in total. The molecule has 33 heavy (non-hydrogen) atoms. The number of hydrogen-bond donors (Lipinski definition) is 0. The molecule has 178 valence electrons. The molecule has 1 aliphatic rings. The summed E-state index contributed by atoms with van der Waals surface area (Å²) in [6, 6.07) is 14.1. The van der Waals surface area contributed by atoms with Gasteiger partial charge in [-0.15, -0.1) is 0 Å². The van der Waals surface area contributed by atoms with Crippen LogP contribution in [0.25, 0.3) is 10.9 Å². The average Bonchev–Trinajstić information content (AvgIpc) is 3.17. The summed E-state index contributed by atoms with van der Waals surface area (Å²) >= 11 is 0. The number of hydrogen-bond acceptors (Lipinski definition) is 5. The van der Waals surface area contributed by atoms with E-state index in [1.165, 1.54) is 27.4 Å². The van der Waals surface area contributed by atoms with Crippen LogP contribution in [0, 0.1) is 0 Å². The molecular formula is C24H30N2O5S2. The monoisotopic (exact) mass is 490 g/mol. The summed E-state index contributed by atoms with van der Waals surface area (Å²) in [5, 5.41) is 1.19. The number of benzene rings is 2. The maximum absolute atomic E-state index is 13.3. The van der Waals surface area contributed by atoms with E-state index < -0.39 is 19.9 Å². The number of sulfonamides is 1. The Kier molecular flexibility index (Phi) is 6.95. The van der Waals surface area contributed by atoms with E-state index in [9.17, 15) is 16.8 Å². The first-order valence-corrected chi connectivity index (χ1v) is 14.5. The summed E-state index contributed by atoms with van der Waals surface area (Å²) in [7, 11) is -7.56. The van der Waals surface area contributed by atoms with Crippen molar-refractivity contribution in [2.75, 3.05) is 32.6 Å². The first kappa shape index (κ1) is 23.9. The lowest BCUT2D eigenvalue weighted by Crippen LogP contribution is -2.38. The molecule has 0 bridgehead atoms. The van der Waals surface area contributed by atoms with Crippen LogP contribution in [0.15, 0.2) is 64.5 Å². The Balaban J connectivity index is 1.56. The molecule has 0 amide bonds. The number of ether oxygens (including phenoxy) is 1. The molecule has 2 heterocycles. The zero-order valence-corrected chi connectivity index (χ0v) is 20.6. The highest BCUT2D eigenvalue weighted by Gasteiger charge is 2.33. The first-order valence-electron chi connectivity index (χ1n) is 11.2. The Hall–Kier alpha value is -2.20. The lowest BCUT2D eigenvalue weighted by molar-refractivity contribution is 0.140. The van der Waals surface area contributed by atoms with E-state index in [2.05, 4.69) is 22.9 Å². The molecule has 1 fully saturated rings. The minimum absolute atomic E-state index is 0.140. The summed E-state index contributed by atoms with van der Waals surface area (Å²) in [5.74, 6) is 0.236. The molecule has 1 aromatic heterocycles. The normalized spacial score (nSPS) is 16.4. The molecule has 3 aromatic rings. The third-order valence-electron chi connectivity index (χ3n) is 6.26. The zero-order chi connectivity index (χ0) is 23.6. The molecular weight excluding hydrogens is 460 g/mol. The summed E-state index contributed by atoms with van der Waals surface area (Å²) in [6.45, 7) is 4.78. The van der Waals surface area contributed by atoms with E-state index in [0.29, 0.717) is 39.1 Å². The molecule has 2 aromatic carbocycles. The summed E-state index contributed by atoms with van der Waals surface area (Å²) in [4.78, 5) is -0.289. The number of nitrogens with zero attached hydrogens (tertiary/aromatic N) is 2. The summed E-state index contributed by atoms with van der Waals surface area (Å²) in [5.41, 5.74) is 2.39. The molecule has 1 aliphatic heterocycles. The van der Waals surface area contributed by atoms with Gasteiger partial charge in [-0.3, -0.25) is 0 Å². The maximum atomic E-state index is 13.3. The van der Waals surface area contributed by atoms with E-state index in [1.807, 2.05) is 19.1 Å². The van der Waals surface area contributed by atoms with Crippen molar-refractivity contribution in [2.24, 2.45) is 0 Å². The van der Waals surface area contributed by atoms with E-state index in [-0.39, 0.29) is 15.7 Å². The molecule has 0 unspecified atom stereocenters. The zero-order valence-electron chi connectivity index (χ0n) is 19.0. The van der Waals surface area contributed by atoms with Crippen LogP contribution in [0.3, 0.4) is 0 Å². The molecule has 0 saturated carbocycles. The summed E-state index contributed by atoms with van der Waals surface area (Å²) < 4.78 is 60.1. The van der Waals surface area contributed by atoms with Gasteiger partial charge in [0.15, 0.2) is 9.84 Å². The second-order valence-corrected chi connectivity index (χ2v) is 12.3.